The normalized spacial score (nSPS) is 23.2. The monoisotopic (exact) mass is 350 g/mol. The molecule has 1 aromatic rings. The fraction of sp³-hybridized carbons (Fsp3) is 0.500. The van der Waals surface area contributed by atoms with E-state index in [4.69, 9.17) is 0 Å². The third-order valence-corrected chi connectivity index (χ3v) is 5.83. The number of rotatable bonds is 9. The molecular formula is C24H34N2. The van der Waals surface area contributed by atoms with Gasteiger partial charge in [0.2, 0.25) is 0 Å². The van der Waals surface area contributed by atoms with Crippen LogP contribution in [0.25, 0.3) is 5.57 Å². The van der Waals surface area contributed by atoms with Crippen molar-refractivity contribution in [3.63, 3.8) is 0 Å². The first kappa shape index (κ1) is 19.0. The van der Waals surface area contributed by atoms with Gasteiger partial charge in [-0.05, 0) is 75.2 Å². The van der Waals surface area contributed by atoms with Gasteiger partial charge in [0.15, 0.2) is 0 Å². The second kappa shape index (κ2) is 8.73. The average molecular weight is 351 g/mol. The van der Waals surface area contributed by atoms with E-state index in [1.54, 1.807) is 0 Å². The van der Waals surface area contributed by atoms with E-state index in [1.165, 1.54) is 41.6 Å². The number of allylic oxidation sites excluding steroid dienone is 3. The molecule has 140 valence electrons. The Hall–Kier alpha value is -1.80. The number of anilines is 1. The van der Waals surface area contributed by atoms with Crippen LogP contribution in [0.15, 0.2) is 49.1 Å². The minimum atomic E-state index is 0.381. The number of benzene rings is 1. The van der Waals surface area contributed by atoms with Crippen molar-refractivity contribution in [2.45, 2.75) is 57.9 Å². The zero-order valence-corrected chi connectivity index (χ0v) is 16.5. The standard InChI is InChI=1S/C24H34N2/c1-5-14-25-15-7-6-9-18(4)24-22-11-8-10-20(22)21-13-12-19(17(2)3)16-23(21)26-24/h8,10,12-13,16,20,22,24-26H,2,4-7,9,11,14-15H2,1,3H3. The molecule has 2 heteroatoms. The van der Waals surface area contributed by atoms with Gasteiger partial charge in [-0.1, -0.05) is 55.5 Å². The molecule has 3 atom stereocenters. The summed E-state index contributed by atoms with van der Waals surface area (Å²) in [6.45, 7) is 15.1. The maximum atomic E-state index is 4.47. The predicted octanol–water partition coefficient (Wildman–Crippen LogP) is 5.90. The minimum Gasteiger partial charge on any atom is -0.378 e. The summed E-state index contributed by atoms with van der Waals surface area (Å²) in [6, 6.07) is 7.16. The molecule has 26 heavy (non-hydrogen) atoms. The molecule has 2 N–H and O–H groups in total. The Morgan fingerprint density at radius 3 is 2.85 bits per heavy atom. The molecule has 0 spiro atoms. The summed E-state index contributed by atoms with van der Waals surface area (Å²) in [7, 11) is 0. The Labute approximate surface area is 159 Å². The molecule has 3 unspecified atom stereocenters. The Kier molecular flexibility index (Phi) is 6.37. The Morgan fingerprint density at radius 2 is 2.08 bits per heavy atom. The summed E-state index contributed by atoms with van der Waals surface area (Å²) in [5.74, 6) is 1.14. The van der Waals surface area contributed by atoms with Crippen LogP contribution in [0.3, 0.4) is 0 Å². The first-order chi connectivity index (χ1) is 12.6. The van der Waals surface area contributed by atoms with Gasteiger partial charge in [-0.15, -0.1) is 0 Å². The lowest BCUT2D eigenvalue weighted by Crippen LogP contribution is -2.37. The van der Waals surface area contributed by atoms with E-state index in [0.717, 1.165) is 31.5 Å². The molecule has 2 aliphatic rings. The van der Waals surface area contributed by atoms with Crippen molar-refractivity contribution < 1.29 is 0 Å². The highest BCUT2D eigenvalue weighted by Crippen LogP contribution is 2.47. The predicted molar refractivity (Wildman–Crippen MR) is 115 cm³/mol. The van der Waals surface area contributed by atoms with Gasteiger partial charge in [0.05, 0.1) is 6.04 Å². The summed E-state index contributed by atoms with van der Waals surface area (Å²) >= 11 is 0. The molecular weight excluding hydrogens is 316 g/mol. The Bertz CT molecular complexity index is 685. The molecule has 3 rings (SSSR count). The van der Waals surface area contributed by atoms with Crippen molar-refractivity contribution in [2.24, 2.45) is 5.92 Å². The van der Waals surface area contributed by atoms with Crippen molar-refractivity contribution in [3.05, 3.63) is 60.2 Å². The summed E-state index contributed by atoms with van der Waals surface area (Å²) in [6.07, 6.45) is 10.7. The van der Waals surface area contributed by atoms with Gasteiger partial charge in [-0.2, -0.15) is 0 Å². The van der Waals surface area contributed by atoms with Crippen LogP contribution >= 0.6 is 0 Å². The number of fused-ring (bicyclic) bond motifs is 3. The fourth-order valence-corrected chi connectivity index (χ4v) is 4.33. The highest BCUT2D eigenvalue weighted by molar-refractivity contribution is 5.70. The largest absolute Gasteiger partial charge is 0.378 e. The summed E-state index contributed by atoms with van der Waals surface area (Å²) in [4.78, 5) is 0. The van der Waals surface area contributed by atoms with Gasteiger partial charge in [0.1, 0.15) is 0 Å². The highest BCUT2D eigenvalue weighted by Gasteiger charge is 2.37. The van der Waals surface area contributed by atoms with Gasteiger partial charge in [-0.3, -0.25) is 0 Å². The molecule has 0 fully saturated rings. The molecule has 1 aromatic carbocycles. The van der Waals surface area contributed by atoms with Gasteiger partial charge < -0.3 is 10.6 Å². The maximum absolute atomic E-state index is 4.47. The van der Waals surface area contributed by atoms with Crippen LogP contribution in [-0.4, -0.2) is 19.1 Å². The Balaban J connectivity index is 1.66. The lowest BCUT2D eigenvalue weighted by atomic mass is 9.76. The summed E-state index contributed by atoms with van der Waals surface area (Å²) in [5, 5.41) is 7.32. The fourth-order valence-electron chi connectivity index (χ4n) is 4.33. The van der Waals surface area contributed by atoms with Crippen LogP contribution in [0.5, 0.6) is 0 Å². The first-order valence-electron chi connectivity index (χ1n) is 10.2. The molecule has 1 aliphatic heterocycles. The minimum absolute atomic E-state index is 0.381. The van der Waals surface area contributed by atoms with E-state index >= 15 is 0 Å². The zero-order chi connectivity index (χ0) is 18.5. The van der Waals surface area contributed by atoms with Crippen LogP contribution in [-0.2, 0) is 0 Å². The van der Waals surface area contributed by atoms with Crippen LogP contribution in [0.2, 0.25) is 0 Å². The quantitative estimate of drug-likeness (QED) is 0.428. The van der Waals surface area contributed by atoms with Gasteiger partial charge in [0.25, 0.3) is 0 Å². The third kappa shape index (κ3) is 4.12. The SMILES string of the molecule is C=C(C)c1ccc2c(c1)NC(C(=C)CCCCNCCC)C1CC=CC21. The van der Waals surface area contributed by atoms with E-state index in [9.17, 15) is 0 Å². The third-order valence-electron chi connectivity index (χ3n) is 5.83. The van der Waals surface area contributed by atoms with Crippen LogP contribution in [0.4, 0.5) is 5.69 Å². The average Bonchev–Trinajstić information content (AvgIpc) is 3.13. The second-order valence-electron chi connectivity index (χ2n) is 7.92. The molecule has 2 nitrogen and oxygen atoms in total. The lowest BCUT2D eigenvalue weighted by molar-refractivity contribution is 0.441. The molecule has 0 saturated carbocycles. The van der Waals surface area contributed by atoms with Gasteiger partial charge in [0, 0.05) is 11.6 Å². The van der Waals surface area contributed by atoms with Crippen LogP contribution in [0, 0.1) is 5.92 Å². The number of hydrogen-bond donors (Lipinski definition) is 2. The summed E-state index contributed by atoms with van der Waals surface area (Å²) < 4.78 is 0. The van der Waals surface area contributed by atoms with Crippen LogP contribution in [0.1, 0.15) is 63.0 Å². The van der Waals surface area contributed by atoms with Crippen LogP contribution < -0.4 is 10.6 Å². The molecule has 0 aromatic heterocycles. The molecule has 0 radical (unpaired) electrons. The smallest absolute Gasteiger partial charge is 0.0511 e. The van der Waals surface area contributed by atoms with E-state index in [-0.39, 0.29) is 0 Å². The molecule has 1 aliphatic carbocycles. The molecule has 0 bridgehead atoms. The number of unbranched alkanes of at least 4 members (excludes halogenated alkanes) is 1. The number of hydrogen-bond acceptors (Lipinski definition) is 2. The van der Waals surface area contributed by atoms with E-state index in [2.05, 4.69) is 68.0 Å². The van der Waals surface area contributed by atoms with E-state index in [0.29, 0.717) is 17.9 Å². The van der Waals surface area contributed by atoms with Crippen molar-refractivity contribution in [1.82, 2.24) is 5.32 Å². The van der Waals surface area contributed by atoms with Crippen molar-refractivity contribution in [2.75, 3.05) is 18.4 Å². The zero-order valence-electron chi connectivity index (χ0n) is 16.5. The molecule has 0 amide bonds. The summed E-state index contributed by atoms with van der Waals surface area (Å²) in [5.41, 5.74) is 6.41. The van der Waals surface area contributed by atoms with Crippen molar-refractivity contribution >= 4 is 11.3 Å². The van der Waals surface area contributed by atoms with Gasteiger partial charge in [-0.25, -0.2) is 0 Å². The Morgan fingerprint density at radius 1 is 1.23 bits per heavy atom. The highest BCUT2D eigenvalue weighted by atomic mass is 15.0. The van der Waals surface area contributed by atoms with E-state index < -0.39 is 0 Å². The van der Waals surface area contributed by atoms with Crippen molar-refractivity contribution in [1.29, 1.82) is 0 Å². The molecule has 0 saturated heterocycles. The van der Waals surface area contributed by atoms with Crippen molar-refractivity contribution in [3.8, 4) is 0 Å². The second-order valence-corrected chi connectivity index (χ2v) is 7.92. The topological polar surface area (TPSA) is 24.1 Å². The first-order valence-corrected chi connectivity index (χ1v) is 10.2. The molecule has 1 heterocycles. The lowest BCUT2D eigenvalue weighted by Gasteiger charge is -2.38. The van der Waals surface area contributed by atoms with E-state index in [1.807, 2.05) is 0 Å². The number of nitrogens with one attached hydrogen (secondary N) is 2. The maximum Gasteiger partial charge on any atom is 0.0511 e. The van der Waals surface area contributed by atoms with Gasteiger partial charge >= 0.3 is 0 Å².